The lowest BCUT2D eigenvalue weighted by Crippen LogP contribution is -2.16. The first-order valence-electron chi connectivity index (χ1n) is 4.87. The van der Waals surface area contributed by atoms with E-state index in [9.17, 15) is 0 Å². The lowest BCUT2D eigenvalue weighted by Gasteiger charge is -2.11. The highest BCUT2D eigenvalue weighted by molar-refractivity contribution is 5.49. The molecule has 0 radical (unpaired) electrons. The monoisotopic (exact) mass is 190 g/mol. The minimum absolute atomic E-state index is 0.982. The molecule has 0 aliphatic heterocycles. The first-order chi connectivity index (χ1) is 6.63. The van der Waals surface area contributed by atoms with E-state index in [-0.39, 0.29) is 0 Å². The largest absolute Gasteiger partial charge is 0.309 e. The fourth-order valence-corrected chi connectivity index (χ4v) is 1.34. The summed E-state index contributed by atoms with van der Waals surface area (Å²) < 4.78 is 0. The summed E-state index contributed by atoms with van der Waals surface area (Å²) in [7, 11) is 4.15. The lowest BCUT2D eigenvalue weighted by atomic mass is 10.1. The van der Waals surface area contributed by atoms with Crippen molar-refractivity contribution >= 4 is 6.08 Å². The topological polar surface area (TPSA) is 16.1 Å². The summed E-state index contributed by atoms with van der Waals surface area (Å²) in [5, 5.41) is 0. The van der Waals surface area contributed by atoms with Crippen LogP contribution in [0.15, 0.2) is 18.7 Å². The van der Waals surface area contributed by atoms with Crippen LogP contribution in [-0.2, 0) is 6.42 Å². The van der Waals surface area contributed by atoms with Crippen LogP contribution in [-0.4, -0.2) is 30.5 Å². The number of hydrogen-bond donors (Lipinski definition) is 0. The zero-order valence-corrected chi connectivity index (χ0v) is 9.25. The summed E-state index contributed by atoms with van der Waals surface area (Å²) in [6.45, 7) is 6.84. The second-order valence-corrected chi connectivity index (χ2v) is 3.75. The van der Waals surface area contributed by atoms with Crippen LogP contribution in [0.2, 0.25) is 0 Å². The molecule has 76 valence electrons. The summed E-state index contributed by atoms with van der Waals surface area (Å²) in [4.78, 5) is 6.68. The zero-order chi connectivity index (χ0) is 10.6. The number of aromatic nitrogens is 1. The Bertz CT molecular complexity index is 316. The van der Waals surface area contributed by atoms with Gasteiger partial charge >= 0.3 is 0 Å². The predicted molar refractivity (Wildman–Crippen MR) is 61.3 cm³/mol. The third-order valence-electron chi connectivity index (χ3n) is 2.16. The summed E-state index contributed by atoms with van der Waals surface area (Å²) in [6.07, 6.45) is 2.85. The van der Waals surface area contributed by atoms with Gasteiger partial charge in [-0.25, -0.2) is 0 Å². The van der Waals surface area contributed by atoms with E-state index in [0.717, 1.165) is 29.9 Å². The molecule has 0 atom stereocenters. The molecule has 0 unspecified atom stereocenters. The van der Waals surface area contributed by atoms with Gasteiger partial charge in [-0.3, -0.25) is 4.98 Å². The van der Waals surface area contributed by atoms with Gasteiger partial charge in [-0.1, -0.05) is 18.7 Å². The molecular formula is C12H18N2. The average Bonchev–Trinajstić information content (AvgIpc) is 2.15. The van der Waals surface area contributed by atoms with Crippen molar-refractivity contribution in [3.63, 3.8) is 0 Å². The number of pyridine rings is 1. The minimum Gasteiger partial charge on any atom is -0.309 e. The van der Waals surface area contributed by atoms with E-state index in [1.165, 1.54) is 0 Å². The molecular weight excluding hydrogens is 172 g/mol. The summed E-state index contributed by atoms with van der Waals surface area (Å²) >= 11 is 0. The normalized spacial score (nSPS) is 10.6. The van der Waals surface area contributed by atoms with Gasteiger partial charge in [0.1, 0.15) is 0 Å². The molecule has 0 saturated carbocycles. The van der Waals surface area contributed by atoms with E-state index in [4.69, 9.17) is 0 Å². The highest BCUT2D eigenvalue weighted by Crippen LogP contribution is 2.09. The Labute approximate surface area is 86.3 Å². The van der Waals surface area contributed by atoms with Crippen molar-refractivity contribution in [2.75, 3.05) is 20.6 Å². The van der Waals surface area contributed by atoms with Gasteiger partial charge in [0.15, 0.2) is 0 Å². The summed E-state index contributed by atoms with van der Waals surface area (Å²) in [5.41, 5.74) is 3.37. The molecule has 2 nitrogen and oxygen atoms in total. The zero-order valence-electron chi connectivity index (χ0n) is 9.25. The summed E-state index contributed by atoms with van der Waals surface area (Å²) in [5.74, 6) is 0. The molecule has 1 heterocycles. The predicted octanol–water partition coefficient (Wildman–Crippen LogP) is 2.14. The Kier molecular flexibility index (Phi) is 3.84. The maximum Gasteiger partial charge on any atom is 0.0491 e. The van der Waals surface area contributed by atoms with Crippen LogP contribution >= 0.6 is 0 Å². The van der Waals surface area contributed by atoms with Gasteiger partial charge in [0.2, 0.25) is 0 Å². The maximum atomic E-state index is 4.52. The van der Waals surface area contributed by atoms with Crippen molar-refractivity contribution in [1.29, 1.82) is 0 Å². The average molecular weight is 190 g/mol. The smallest absolute Gasteiger partial charge is 0.0491 e. The molecule has 14 heavy (non-hydrogen) atoms. The number of aryl methyl sites for hydroxylation is 1. The van der Waals surface area contributed by atoms with Crippen LogP contribution in [0, 0.1) is 6.92 Å². The Morgan fingerprint density at radius 1 is 1.43 bits per heavy atom. The number of likely N-dealkylation sites (N-methyl/N-ethyl adjacent to an activating group) is 1. The first-order valence-corrected chi connectivity index (χ1v) is 4.87. The van der Waals surface area contributed by atoms with Crippen molar-refractivity contribution in [3.05, 3.63) is 35.7 Å². The van der Waals surface area contributed by atoms with Crippen LogP contribution < -0.4 is 0 Å². The standard InChI is InChI=1S/C12H18N2/c1-5-11-7-6-10(2)13-12(11)8-9-14(3)4/h5-7H,1,8-9H2,2-4H3. The van der Waals surface area contributed by atoms with Crippen molar-refractivity contribution in [1.82, 2.24) is 9.88 Å². The highest BCUT2D eigenvalue weighted by Gasteiger charge is 2.02. The van der Waals surface area contributed by atoms with Crippen LogP contribution in [0.3, 0.4) is 0 Å². The molecule has 2 heteroatoms. The molecule has 0 saturated heterocycles. The molecule has 0 aliphatic rings. The van der Waals surface area contributed by atoms with Crippen LogP contribution in [0.25, 0.3) is 6.08 Å². The highest BCUT2D eigenvalue weighted by atomic mass is 15.0. The van der Waals surface area contributed by atoms with Crippen molar-refractivity contribution in [2.45, 2.75) is 13.3 Å². The number of nitrogens with zero attached hydrogens (tertiary/aromatic N) is 2. The maximum absolute atomic E-state index is 4.52. The van der Waals surface area contributed by atoms with Crippen molar-refractivity contribution in [2.24, 2.45) is 0 Å². The van der Waals surface area contributed by atoms with Crippen LogP contribution in [0.4, 0.5) is 0 Å². The van der Waals surface area contributed by atoms with E-state index in [1.54, 1.807) is 0 Å². The number of hydrogen-bond acceptors (Lipinski definition) is 2. The second-order valence-electron chi connectivity index (χ2n) is 3.75. The van der Waals surface area contributed by atoms with E-state index >= 15 is 0 Å². The van der Waals surface area contributed by atoms with Gasteiger partial charge in [-0.2, -0.15) is 0 Å². The Morgan fingerprint density at radius 3 is 2.71 bits per heavy atom. The quantitative estimate of drug-likeness (QED) is 0.723. The lowest BCUT2D eigenvalue weighted by molar-refractivity contribution is 0.411. The van der Waals surface area contributed by atoms with E-state index in [0.29, 0.717) is 0 Å². The van der Waals surface area contributed by atoms with E-state index < -0.39 is 0 Å². The fourth-order valence-electron chi connectivity index (χ4n) is 1.34. The first kappa shape index (κ1) is 10.9. The van der Waals surface area contributed by atoms with E-state index in [2.05, 4.69) is 36.6 Å². The molecule has 0 amide bonds. The molecule has 1 aromatic heterocycles. The molecule has 0 bridgehead atoms. The number of rotatable bonds is 4. The molecule has 0 N–H and O–H groups in total. The fraction of sp³-hybridized carbons (Fsp3) is 0.417. The molecule has 1 rings (SSSR count). The molecule has 0 fully saturated rings. The van der Waals surface area contributed by atoms with E-state index in [1.807, 2.05) is 19.1 Å². The minimum atomic E-state index is 0.982. The SMILES string of the molecule is C=Cc1ccc(C)nc1CCN(C)C. The van der Waals surface area contributed by atoms with Gasteiger partial charge in [0.25, 0.3) is 0 Å². The van der Waals surface area contributed by atoms with Crippen LogP contribution in [0.1, 0.15) is 17.0 Å². The van der Waals surface area contributed by atoms with Gasteiger partial charge < -0.3 is 4.90 Å². The molecule has 0 aliphatic carbocycles. The van der Waals surface area contributed by atoms with Crippen molar-refractivity contribution < 1.29 is 0 Å². The summed E-state index contributed by atoms with van der Waals surface area (Å²) in [6, 6.07) is 4.11. The molecule has 1 aromatic rings. The third-order valence-corrected chi connectivity index (χ3v) is 2.16. The Morgan fingerprint density at radius 2 is 2.14 bits per heavy atom. The van der Waals surface area contributed by atoms with Crippen LogP contribution in [0.5, 0.6) is 0 Å². The van der Waals surface area contributed by atoms with Gasteiger partial charge in [-0.05, 0) is 32.6 Å². The third kappa shape index (κ3) is 2.96. The van der Waals surface area contributed by atoms with Gasteiger partial charge in [0, 0.05) is 24.4 Å². The molecule has 0 spiro atoms. The Hall–Kier alpha value is -1.15. The van der Waals surface area contributed by atoms with Crippen molar-refractivity contribution in [3.8, 4) is 0 Å². The molecule has 0 aromatic carbocycles. The van der Waals surface area contributed by atoms with Gasteiger partial charge in [-0.15, -0.1) is 0 Å². The Balaban J connectivity index is 2.82. The second kappa shape index (κ2) is 4.91. The van der Waals surface area contributed by atoms with Gasteiger partial charge in [0.05, 0.1) is 0 Å².